The van der Waals surface area contributed by atoms with Crippen LogP contribution in [-0.4, -0.2) is 47.9 Å². The predicted molar refractivity (Wildman–Crippen MR) is 104 cm³/mol. The highest BCUT2D eigenvalue weighted by molar-refractivity contribution is 5.69. The summed E-state index contributed by atoms with van der Waals surface area (Å²) in [6, 6.07) is 9.51. The zero-order valence-electron chi connectivity index (χ0n) is 16.9. The summed E-state index contributed by atoms with van der Waals surface area (Å²) < 4.78 is 10.6. The molecule has 0 radical (unpaired) electrons. The van der Waals surface area contributed by atoms with E-state index in [2.05, 4.69) is 0 Å². The molecule has 6 heteroatoms. The number of amides is 1. The van der Waals surface area contributed by atoms with Gasteiger partial charge in [0.2, 0.25) is 0 Å². The fourth-order valence-corrected chi connectivity index (χ4v) is 2.50. The van der Waals surface area contributed by atoms with Gasteiger partial charge >= 0.3 is 12.1 Å². The van der Waals surface area contributed by atoms with Crippen molar-refractivity contribution in [2.75, 3.05) is 20.2 Å². The maximum atomic E-state index is 11.9. The Kier molecular flexibility index (Phi) is 9.86. The summed E-state index contributed by atoms with van der Waals surface area (Å²) in [5.41, 5.74) is 0.435. The van der Waals surface area contributed by atoms with Gasteiger partial charge in [0.1, 0.15) is 12.2 Å². The van der Waals surface area contributed by atoms with Gasteiger partial charge in [-0.1, -0.05) is 36.8 Å². The summed E-state index contributed by atoms with van der Waals surface area (Å²) in [7, 11) is 1.71. The molecular weight excluding hydrogens is 346 g/mol. The highest BCUT2D eigenvalue weighted by atomic mass is 16.6. The van der Waals surface area contributed by atoms with Crippen molar-refractivity contribution in [2.24, 2.45) is 5.92 Å². The normalized spacial score (nSPS) is 12.3. The minimum Gasteiger partial charge on any atom is -0.461 e. The number of ether oxygens (including phenoxy) is 2. The van der Waals surface area contributed by atoms with Gasteiger partial charge in [-0.2, -0.15) is 0 Å². The van der Waals surface area contributed by atoms with Crippen LogP contribution < -0.4 is 0 Å². The first-order valence-corrected chi connectivity index (χ1v) is 9.46. The molecule has 1 aromatic carbocycles. The standard InChI is InChI=1S/C21H33NO5/c1-21(2,3)27-20(25)22(4)13-9-8-12-18(15-23)14-19(24)26-16-17-10-6-5-7-11-17/h5-7,10-11,18,23H,8-9,12-16H2,1-4H3/t18-/m1/s1. The SMILES string of the molecule is CN(CCCC[C@@H](CO)CC(=O)OCc1ccccc1)C(=O)OC(C)(C)C. The average Bonchev–Trinajstić information content (AvgIpc) is 2.61. The number of aliphatic hydroxyl groups is 1. The number of hydrogen-bond donors (Lipinski definition) is 1. The van der Waals surface area contributed by atoms with Crippen LogP contribution in [-0.2, 0) is 20.9 Å². The first-order valence-electron chi connectivity index (χ1n) is 9.46. The largest absolute Gasteiger partial charge is 0.461 e. The predicted octanol–water partition coefficient (Wildman–Crippen LogP) is 3.77. The van der Waals surface area contributed by atoms with Crippen LogP contribution in [0.3, 0.4) is 0 Å². The van der Waals surface area contributed by atoms with Crippen LogP contribution in [0.2, 0.25) is 0 Å². The van der Waals surface area contributed by atoms with E-state index >= 15 is 0 Å². The van der Waals surface area contributed by atoms with Crippen molar-refractivity contribution in [3.05, 3.63) is 35.9 Å². The van der Waals surface area contributed by atoms with Gasteiger partial charge in [-0.05, 0) is 45.1 Å². The molecule has 0 aliphatic rings. The first-order chi connectivity index (χ1) is 12.7. The van der Waals surface area contributed by atoms with Gasteiger partial charge in [-0.25, -0.2) is 4.79 Å². The molecule has 1 amide bonds. The van der Waals surface area contributed by atoms with Gasteiger partial charge in [0.25, 0.3) is 0 Å². The van der Waals surface area contributed by atoms with Crippen molar-refractivity contribution in [1.82, 2.24) is 4.90 Å². The van der Waals surface area contributed by atoms with E-state index in [0.29, 0.717) is 13.0 Å². The van der Waals surface area contributed by atoms with Gasteiger partial charge in [0.05, 0.1) is 6.42 Å². The van der Waals surface area contributed by atoms with Crippen molar-refractivity contribution in [3.63, 3.8) is 0 Å². The van der Waals surface area contributed by atoms with Crippen molar-refractivity contribution in [2.45, 2.75) is 58.7 Å². The third-order valence-electron chi connectivity index (χ3n) is 4.02. The van der Waals surface area contributed by atoms with Crippen LogP contribution in [0.25, 0.3) is 0 Å². The summed E-state index contributed by atoms with van der Waals surface area (Å²) in [6.07, 6.45) is 2.16. The van der Waals surface area contributed by atoms with Gasteiger partial charge in [0.15, 0.2) is 0 Å². The first kappa shape index (κ1) is 23.0. The number of unbranched alkanes of at least 4 members (excludes halogenated alkanes) is 1. The molecule has 0 spiro atoms. The third kappa shape index (κ3) is 10.6. The lowest BCUT2D eigenvalue weighted by molar-refractivity contribution is -0.146. The molecule has 27 heavy (non-hydrogen) atoms. The number of rotatable bonds is 10. The van der Waals surface area contributed by atoms with Crippen LogP contribution in [0.5, 0.6) is 0 Å². The summed E-state index contributed by atoms with van der Waals surface area (Å²) in [6.45, 7) is 6.27. The number of carbonyl (C=O) groups is 2. The Bertz CT molecular complexity index is 568. The molecule has 152 valence electrons. The Morgan fingerprint density at radius 1 is 1.15 bits per heavy atom. The second-order valence-electron chi connectivity index (χ2n) is 7.80. The molecule has 1 aromatic rings. The maximum Gasteiger partial charge on any atom is 0.410 e. The Morgan fingerprint density at radius 2 is 1.81 bits per heavy atom. The molecule has 1 atom stereocenters. The number of benzene rings is 1. The topological polar surface area (TPSA) is 76.1 Å². The highest BCUT2D eigenvalue weighted by Gasteiger charge is 2.19. The fraction of sp³-hybridized carbons (Fsp3) is 0.619. The van der Waals surface area contributed by atoms with Crippen molar-refractivity contribution >= 4 is 12.1 Å². The van der Waals surface area contributed by atoms with Crippen LogP contribution in [0, 0.1) is 5.92 Å². The lowest BCUT2D eigenvalue weighted by Crippen LogP contribution is -2.34. The molecule has 0 fully saturated rings. The van der Waals surface area contributed by atoms with E-state index in [4.69, 9.17) is 9.47 Å². The van der Waals surface area contributed by atoms with Crippen LogP contribution in [0.4, 0.5) is 4.79 Å². The third-order valence-corrected chi connectivity index (χ3v) is 4.02. The number of carbonyl (C=O) groups excluding carboxylic acids is 2. The lowest BCUT2D eigenvalue weighted by Gasteiger charge is -2.24. The number of esters is 1. The maximum absolute atomic E-state index is 11.9. The van der Waals surface area contributed by atoms with E-state index in [1.165, 1.54) is 0 Å². The van der Waals surface area contributed by atoms with Gasteiger partial charge in [-0.3, -0.25) is 4.79 Å². The summed E-state index contributed by atoms with van der Waals surface area (Å²) in [5, 5.41) is 9.49. The van der Waals surface area contributed by atoms with Crippen molar-refractivity contribution in [1.29, 1.82) is 0 Å². The molecule has 1 N–H and O–H groups in total. The molecule has 0 heterocycles. The smallest absolute Gasteiger partial charge is 0.410 e. The number of aliphatic hydroxyl groups excluding tert-OH is 1. The Balaban J connectivity index is 2.23. The van der Waals surface area contributed by atoms with E-state index in [1.807, 2.05) is 51.1 Å². The number of nitrogens with zero attached hydrogens (tertiary/aromatic N) is 1. The minimum atomic E-state index is -0.507. The summed E-state index contributed by atoms with van der Waals surface area (Å²) in [4.78, 5) is 25.4. The average molecular weight is 379 g/mol. The van der Waals surface area contributed by atoms with Gasteiger partial charge in [-0.15, -0.1) is 0 Å². The fourth-order valence-electron chi connectivity index (χ4n) is 2.50. The second-order valence-corrected chi connectivity index (χ2v) is 7.80. The van der Waals surface area contributed by atoms with E-state index in [0.717, 1.165) is 18.4 Å². The summed E-state index contributed by atoms with van der Waals surface area (Å²) in [5.74, 6) is -0.427. The Hall–Kier alpha value is -2.08. The Labute approximate surface area is 162 Å². The quantitative estimate of drug-likeness (QED) is 0.495. The molecule has 0 aliphatic heterocycles. The van der Waals surface area contributed by atoms with E-state index in [1.54, 1.807) is 11.9 Å². The molecule has 0 aromatic heterocycles. The van der Waals surface area contributed by atoms with E-state index in [9.17, 15) is 14.7 Å². The molecule has 0 aliphatic carbocycles. The number of hydrogen-bond acceptors (Lipinski definition) is 5. The van der Waals surface area contributed by atoms with Gasteiger partial charge < -0.3 is 19.5 Å². The van der Waals surface area contributed by atoms with Gasteiger partial charge in [0, 0.05) is 20.2 Å². The Morgan fingerprint density at radius 3 is 2.41 bits per heavy atom. The molecule has 1 rings (SSSR count). The molecule has 0 unspecified atom stereocenters. The monoisotopic (exact) mass is 379 g/mol. The lowest BCUT2D eigenvalue weighted by atomic mass is 9.99. The second kappa shape index (κ2) is 11.6. The molecule has 6 nitrogen and oxygen atoms in total. The molecule has 0 bridgehead atoms. The zero-order valence-corrected chi connectivity index (χ0v) is 16.9. The molecule has 0 saturated carbocycles. The highest BCUT2D eigenvalue weighted by Crippen LogP contribution is 2.15. The zero-order chi connectivity index (χ0) is 20.3. The summed E-state index contributed by atoms with van der Waals surface area (Å²) >= 11 is 0. The molecule has 0 saturated heterocycles. The van der Waals surface area contributed by atoms with Crippen LogP contribution in [0.1, 0.15) is 52.0 Å². The van der Waals surface area contributed by atoms with Crippen molar-refractivity contribution in [3.8, 4) is 0 Å². The van der Waals surface area contributed by atoms with Crippen LogP contribution >= 0.6 is 0 Å². The van der Waals surface area contributed by atoms with E-state index < -0.39 is 5.60 Å². The molecular formula is C21H33NO5. The van der Waals surface area contributed by atoms with Crippen molar-refractivity contribution < 1.29 is 24.2 Å². The minimum absolute atomic E-state index is 0.0532. The van der Waals surface area contributed by atoms with E-state index in [-0.39, 0.29) is 37.6 Å². The van der Waals surface area contributed by atoms with Crippen LogP contribution in [0.15, 0.2) is 30.3 Å².